The Morgan fingerprint density at radius 1 is 1.08 bits per heavy atom. The second-order valence-corrected chi connectivity index (χ2v) is 6.30. The van der Waals surface area contributed by atoms with E-state index in [1.54, 1.807) is 31.4 Å². The molecule has 1 aliphatic rings. The largest absolute Gasteiger partial charge is 0.497 e. The van der Waals surface area contributed by atoms with Gasteiger partial charge >= 0.3 is 0 Å². The molecule has 1 aliphatic heterocycles. The topological polar surface area (TPSA) is 41.6 Å². The maximum absolute atomic E-state index is 12.3. The predicted octanol–water partition coefficient (Wildman–Crippen LogP) is 4.59. The second kappa shape index (κ2) is 7.58. The summed E-state index contributed by atoms with van der Waals surface area (Å²) in [6, 6.07) is 12.7. The average molecular weight is 345 g/mol. The van der Waals surface area contributed by atoms with Gasteiger partial charge in [0.25, 0.3) is 5.91 Å². The molecule has 3 rings (SSSR count). The van der Waals surface area contributed by atoms with E-state index in [-0.39, 0.29) is 5.91 Å². The predicted molar refractivity (Wildman–Crippen MR) is 98.5 cm³/mol. The Morgan fingerprint density at radius 3 is 2.42 bits per heavy atom. The highest BCUT2D eigenvalue weighted by Crippen LogP contribution is 2.31. The van der Waals surface area contributed by atoms with Crippen LogP contribution in [0.15, 0.2) is 42.5 Å². The number of hydrogen-bond donors (Lipinski definition) is 1. The van der Waals surface area contributed by atoms with Gasteiger partial charge < -0.3 is 15.0 Å². The number of nitrogens with one attached hydrogen (secondary N) is 1. The van der Waals surface area contributed by atoms with Crippen molar-refractivity contribution in [2.24, 2.45) is 0 Å². The summed E-state index contributed by atoms with van der Waals surface area (Å²) in [5.41, 5.74) is 2.31. The zero-order valence-electron chi connectivity index (χ0n) is 13.7. The third kappa shape index (κ3) is 3.82. The van der Waals surface area contributed by atoms with Crippen molar-refractivity contribution in [3.05, 3.63) is 53.1 Å². The average Bonchev–Trinajstić information content (AvgIpc) is 2.62. The first kappa shape index (κ1) is 16.7. The van der Waals surface area contributed by atoms with E-state index in [0.717, 1.165) is 24.5 Å². The van der Waals surface area contributed by atoms with Gasteiger partial charge in [-0.1, -0.05) is 11.6 Å². The van der Waals surface area contributed by atoms with Crippen LogP contribution < -0.4 is 15.0 Å². The van der Waals surface area contributed by atoms with Crippen LogP contribution in [0, 0.1) is 0 Å². The van der Waals surface area contributed by atoms with Gasteiger partial charge in [-0.25, -0.2) is 0 Å². The van der Waals surface area contributed by atoms with Crippen molar-refractivity contribution >= 4 is 28.9 Å². The van der Waals surface area contributed by atoms with Gasteiger partial charge in [0.05, 0.1) is 17.8 Å². The van der Waals surface area contributed by atoms with E-state index in [1.165, 1.54) is 19.3 Å². The minimum Gasteiger partial charge on any atom is -0.497 e. The number of anilines is 2. The first-order valence-corrected chi connectivity index (χ1v) is 8.55. The normalized spacial score (nSPS) is 14.3. The minimum atomic E-state index is -0.167. The number of piperidine rings is 1. The lowest BCUT2D eigenvalue weighted by molar-refractivity contribution is 0.102. The Balaban J connectivity index is 1.70. The van der Waals surface area contributed by atoms with Gasteiger partial charge in [-0.3, -0.25) is 4.79 Å². The number of ether oxygens (including phenoxy) is 1. The molecule has 1 fully saturated rings. The van der Waals surface area contributed by atoms with E-state index in [1.807, 2.05) is 18.2 Å². The van der Waals surface area contributed by atoms with E-state index >= 15 is 0 Å². The highest BCUT2D eigenvalue weighted by Gasteiger charge is 2.15. The van der Waals surface area contributed by atoms with Crippen molar-refractivity contribution in [3.63, 3.8) is 0 Å². The lowest BCUT2D eigenvalue weighted by Crippen LogP contribution is -2.29. The van der Waals surface area contributed by atoms with Crippen molar-refractivity contribution < 1.29 is 9.53 Å². The number of rotatable bonds is 4. The molecule has 2 aromatic rings. The summed E-state index contributed by atoms with van der Waals surface area (Å²) in [5.74, 6) is 0.555. The Bertz CT molecular complexity index is 710. The van der Waals surface area contributed by atoms with Crippen molar-refractivity contribution in [3.8, 4) is 5.75 Å². The van der Waals surface area contributed by atoms with Crippen LogP contribution in [0.25, 0.3) is 0 Å². The van der Waals surface area contributed by atoms with Gasteiger partial charge in [0.15, 0.2) is 0 Å². The van der Waals surface area contributed by atoms with Crippen LogP contribution in [0.3, 0.4) is 0 Å². The van der Waals surface area contributed by atoms with Gasteiger partial charge in [-0.05, 0) is 61.7 Å². The van der Waals surface area contributed by atoms with Crippen LogP contribution in [-0.4, -0.2) is 26.1 Å². The standard InChI is InChI=1S/C19H21ClN2O2/c1-24-16-8-5-14(6-9-16)19(23)21-15-7-10-18(17(20)13-15)22-11-3-2-4-12-22/h5-10,13H,2-4,11-12H2,1H3,(H,21,23). The van der Waals surface area contributed by atoms with Crippen molar-refractivity contribution in [2.75, 3.05) is 30.4 Å². The minimum absolute atomic E-state index is 0.167. The Kier molecular flexibility index (Phi) is 5.26. The molecule has 0 atom stereocenters. The highest BCUT2D eigenvalue weighted by atomic mass is 35.5. The quantitative estimate of drug-likeness (QED) is 0.881. The van der Waals surface area contributed by atoms with Gasteiger partial charge in [0.2, 0.25) is 0 Å². The van der Waals surface area contributed by atoms with Crippen LogP contribution >= 0.6 is 11.6 Å². The summed E-state index contributed by atoms with van der Waals surface area (Å²) >= 11 is 6.42. The molecule has 0 unspecified atom stereocenters. The summed E-state index contributed by atoms with van der Waals surface area (Å²) in [6.45, 7) is 2.08. The molecule has 2 aromatic carbocycles. The molecule has 4 nitrogen and oxygen atoms in total. The number of hydrogen-bond acceptors (Lipinski definition) is 3. The second-order valence-electron chi connectivity index (χ2n) is 5.90. The number of amides is 1. The van der Waals surface area contributed by atoms with E-state index in [2.05, 4.69) is 10.2 Å². The molecule has 0 aliphatic carbocycles. The van der Waals surface area contributed by atoms with Crippen LogP contribution in [0.4, 0.5) is 11.4 Å². The molecule has 24 heavy (non-hydrogen) atoms. The molecular weight excluding hydrogens is 324 g/mol. The fraction of sp³-hybridized carbons (Fsp3) is 0.316. The third-order valence-corrected chi connectivity index (χ3v) is 4.56. The lowest BCUT2D eigenvalue weighted by Gasteiger charge is -2.29. The molecule has 0 spiro atoms. The highest BCUT2D eigenvalue weighted by molar-refractivity contribution is 6.33. The summed E-state index contributed by atoms with van der Waals surface area (Å²) in [7, 11) is 1.60. The lowest BCUT2D eigenvalue weighted by atomic mass is 10.1. The van der Waals surface area contributed by atoms with E-state index in [9.17, 15) is 4.79 Å². The molecule has 0 saturated carbocycles. The first-order valence-electron chi connectivity index (χ1n) is 8.17. The van der Waals surface area contributed by atoms with Gasteiger partial charge in [-0.2, -0.15) is 0 Å². The number of carbonyl (C=O) groups is 1. The summed E-state index contributed by atoms with van der Waals surface area (Å²) in [5, 5.41) is 3.55. The summed E-state index contributed by atoms with van der Waals surface area (Å²) in [4.78, 5) is 14.6. The molecule has 0 aromatic heterocycles. The molecule has 5 heteroatoms. The molecular formula is C19H21ClN2O2. The Morgan fingerprint density at radius 2 is 1.79 bits per heavy atom. The first-order chi connectivity index (χ1) is 11.7. The molecule has 0 bridgehead atoms. The van der Waals surface area contributed by atoms with Gasteiger partial charge in [0.1, 0.15) is 5.75 Å². The fourth-order valence-electron chi connectivity index (χ4n) is 2.92. The maximum Gasteiger partial charge on any atom is 0.255 e. The molecule has 1 saturated heterocycles. The number of nitrogens with zero attached hydrogens (tertiary/aromatic N) is 1. The number of carbonyl (C=O) groups excluding carboxylic acids is 1. The van der Waals surface area contributed by atoms with Crippen LogP contribution in [-0.2, 0) is 0 Å². The SMILES string of the molecule is COc1ccc(C(=O)Nc2ccc(N3CCCCC3)c(Cl)c2)cc1. The third-order valence-electron chi connectivity index (χ3n) is 4.25. The molecule has 1 amide bonds. The van der Waals surface area contributed by atoms with Crippen molar-refractivity contribution in [2.45, 2.75) is 19.3 Å². The molecule has 1 N–H and O–H groups in total. The zero-order chi connectivity index (χ0) is 16.9. The van der Waals surface area contributed by atoms with E-state index in [4.69, 9.17) is 16.3 Å². The summed E-state index contributed by atoms with van der Waals surface area (Å²) in [6.07, 6.45) is 3.68. The van der Waals surface area contributed by atoms with Crippen LogP contribution in [0.2, 0.25) is 5.02 Å². The maximum atomic E-state index is 12.3. The summed E-state index contributed by atoms with van der Waals surface area (Å²) < 4.78 is 5.10. The number of methoxy groups -OCH3 is 1. The zero-order valence-corrected chi connectivity index (χ0v) is 14.5. The monoisotopic (exact) mass is 344 g/mol. The van der Waals surface area contributed by atoms with E-state index < -0.39 is 0 Å². The molecule has 126 valence electrons. The fourth-order valence-corrected chi connectivity index (χ4v) is 3.22. The van der Waals surface area contributed by atoms with E-state index in [0.29, 0.717) is 16.3 Å². The number of halogens is 1. The van der Waals surface area contributed by atoms with Crippen LogP contribution in [0.5, 0.6) is 5.75 Å². The van der Waals surface area contributed by atoms with Gasteiger partial charge in [0, 0.05) is 24.3 Å². The molecule has 1 heterocycles. The van der Waals surface area contributed by atoms with Crippen molar-refractivity contribution in [1.82, 2.24) is 0 Å². The Labute approximate surface area is 147 Å². The van der Waals surface area contributed by atoms with Crippen molar-refractivity contribution in [1.29, 1.82) is 0 Å². The number of benzene rings is 2. The molecule has 0 radical (unpaired) electrons. The Hall–Kier alpha value is -2.20. The van der Waals surface area contributed by atoms with Crippen LogP contribution in [0.1, 0.15) is 29.6 Å². The smallest absolute Gasteiger partial charge is 0.255 e. The van der Waals surface area contributed by atoms with Gasteiger partial charge in [-0.15, -0.1) is 0 Å².